The number of carbonyl (C=O) groups excluding carboxylic acids is 1. The molecule has 2 aromatic rings. The molecule has 2 aliphatic heterocycles. The third kappa shape index (κ3) is 3.08. The smallest absolute Gasteiger partial charge is 0.341 e. The molecule has 0 radical (unpaired) electrons. The summed E-state index contributed by atoms with van der Waals surface area (Å²) in [7, 11) is 1.19. The van der Waals surface area contributed by atoms with E-state index < -0.39 is 23.2 Å². The number of carbonyl (C=O) groups is 1. The lowest BCUT2D eigenvalue weighted by Crippen LogP contribution is -2.16. The highest BCUT2D eigenvalue weighted by Gasteiger charge is 2.26. The van der Waals surface area contributed by atoms with E-state index in [4.69, 9.17) is 4.74 Å². The summed E-state index contributed by atoms with van der Waals surface area (Å²) in [5.41, 5.74) is 1.08. The number of aryl methyl sites for hydroxylation is 1. The van der Waals surface area contributed by atoms with Crippen LogP contribution in [-0.2, 0) is 4.74 Å². The number of aromatic nitrogens is 3. The zero-order valence-electron chi connectivity index (χ0n) is 15.5. The van der Waals surface area contributed by atoms with E-state index >= 15 is 0 Å². The van der Waals surface area contributed by atoms with Crippen LogP contribution in [0.5, 0.6) is 0 Å². The molecule has 0 atom stereocenters. The van der Waals surface area contributed by atoms with Crippen molar-refractivity contribution in [3.8, 4) is 22.6 Å². The Balaban J connectivity index is 2.03. The molecule has 0 saturated heterocycles. The van der Waals surface area contributed by atoms with Gasteiger partial charge in [-0.2, -0.15) is 9.78 Å². The summed E-state index contributed by atoms with van der Waals surface area (Å²) >= 11 is 0. The van der Waals surface area contributed by atoms with E-state index in [0.29, 0.717) is 5.69 Å². The highest BCUT2D eigenvalue weighted by atomic mass is 19.1. The molecular weight excluding hydrogens is 380 g/mol. The largest absolute Gasteiger partial charge is 0.465 e. The quantitative estimate of drug-likeness (QED) is 0.498. The van der Waals surface area contributed by atoms with Gasteiger partial charge in [0.2, 0.25) is 0 Å². The minimum Gasteiger partial charge on any atom is -0.465 e. The Hall–Kier alpha value is -3.81. The normalized spacial score (nSPS) is 11.0. The number of hydrogen-bond acceptors (Lipinski definition) is 4. The Morgan fingerprint density at radius 2 is 1.83 bits per heavy atom. The van der Waals surface area contributed by atoms with E-state index in [-0.39, 0.29) is 22.5 Å². The van der Waals surface area contributed by atoms with Gasteiger partial charge in [0.1, 0.15) is 22.9 Å². The number of benzene rings is 2. The van der Waals surface area contributed by atoms with Crippen molar-refractivity contribution in [2.24, 2.45) is 0 Å². The van der Waals surface area contributed by atoms with Crippen LogP contribution in [-0.4, -0.2) is 27.4 Å². The first kappa shape index (κ1) is 18.5. The fraction of sp³-hybridized carbons (Fsp3) is 0.0952. The van der Waals surface area contributed by atoms with Crippen molar-refractivity contribution < 1.29 is 18.3 Å². The van der Waals surface area contributed by atoms with E-state index in [2.05, 4.69) is 5.10 Å². The van der Waals surface area contributed by atoms with Gasteiger partial charge in [0.25, 0.3) is 5.56 Å². The second-order valence-electron chi connectivity index (χ2n) is 6.43. The number of hydrogen-bond donors (Lipinski definition) is 0. The first-order valence-electron chi connectivity index (χ1n) is 8.65. The van der Waals surface area contributed by atoms with Crippen LogP contribution in [0, 0.1) is 18.6 Å². The first-order chi connectivity index (χ1) is 13.9. The van der Waals surface area contributed by atoms with Gasteiger partial charge in [0.15, 0.2) is 0 Å². The number of halogens is 2. The zero-order valence-corrected chi connectivity index (χ0v) is 15.5. The molecule has 29 heavy (non-hydrogen) atoms. The number of para-hydroxylation sites is 1. The van der Waals surface area contributed by atoms with Gasteiger partial charge in [-0.15, -0.1) is 0 Å². The van der Waals surface area contributed by atoms with Crippen LogP contribution in [0.1, 0.15) is 15.9 Å². The lowest BCUT2D eigenvalue weighted by molar-refractivity contribution is 0.0600. The second-order valence-corrected chi connectivity index (χ2v) is 6.43. The monoisotopic (exact) mass is 395 g/mol. The summed E-state index contributed by atoms with van der Waals surface area (Å²) in [5, 5.41) is 4.32. The number of pyridine rings is 1. The average Bonchev–Trinajstić information content (AvgIpc) is 3.03. The third-order valence-corrected chi connectivity index (χ3v) is 4.61. The van der Waals surface area contributed by atoms with Crippen LogP contribution in [0.15, 0.2) is 59.7 Å². The van der Waals surface area contributed by atoms with E-state index in [1.165, 1.54) is 34.8 Å². The summed E-state index contributed by atoms with van der Waals surface area (Å²) in [6.45, 7) is 1.83. The van der Waals surface area contributed by atoms with Gasteiger partial charge in [0.05, 0.1) is 24.0 Å². The molecule has 0 saturated carbocycles. The zero-order chi connectivity index (χ0) is 20.7. The van der Waals surface area contributed by atoms with Gasteiger partial charge in [-0.05, 0) is 30.7 Å². The van der Waals surface area contributed by atoms with Crippen LogP contribution in [0.4, 0.5) is 8.78 Å². The van der Waals surface area contributed by atoms with Crippen LogP contribution in [0.3, 0.4) is 0 Å². The lowest BCUT2D eigenvalue weighted by Gasteiger charge is -2.12. The minimum atomic E-state index is -0.844. The second kappa shape index (κ2) is 6.97. The Kier molecular flexibility index (Phi) is 4.46. The fourth-order valence-corrected chi connectivity index (χ4v) is 3.16. The van der Waals surface area contributed by atoms with Crippen molar-refractivity contribution in [3.05, 3.63) is 88.0 Å². The van der Waals surface area contributed by atoms with E-state index in [9.17, 15) is 18.4 Å². The number of methoxy groups -OCH3 is 1. The van der Waals surface area contributed by atoms with Crippen molar-refractivity contribution in [2.45, 2.75) is 6.92 Å². The van der Waals surface area contributed by atoms with Crippen LogP contribution in [0.25, 0.3) is 22.6 Å². The van der Waals surface area contributed by atoms with Crippen molar-refractivity contribution in [1.29, 1.82) is 0 Å². The molecule has 4 rings (SSSR count). The topological polar surface area (TPSA) is 66.1 Å². The first-order valence-corrected chi connectivity index (χ1v) is 8.65. The summed E-state index contributed by atoms with van der Waals surface area (Å²) < 4.78 is 34.8. The molecule has 2 heterocycles. The molecule has 0 bridgehead atoms. The predicted molar refractivity (Wildman–Crippen MR) is 102 cm³/mol. The summed E-state index contributed by atoms with van der Waals surface area (Å²) in [5.74, 6) is -2.32. The summed E-state index contributed by atoms with van der Waals surface area (Å²) in [6, 6.07) is 10.2. The fourth-order valence-electron chi connectivity index (χ4n) is 3.16. The maximum absolute atomic E-state index is 14.3. The van der Waals surface area contributed by atoms with Gasteiger partial charge in [-0.1, -0.05) is 18.2 Å². The van der Waals surface area contributed by atoms with E-state index in [0.717, 1.165) is 17.7 Å². The molecule has 6 nitrogen and oxygen atoms in total. The number of nitrogens with zero attached hydrogens (tertiary/aromatic N) is 3. The summed E-state index contributed by atoms with van der Waals surface area (Å²) in [6.07, 6.45) is 2.67. The van der Waals surface area contributed by atoms with Gasteiger partial charge in [-0.25, -0.2) is 13.6 Å². The van der Waals surface area contributed by atoms with Crippen molar-refractivity contribution >= 4 is 5.97 Å². The molecule has 0 aromatic heterocycles. The molecule has 0 fully saturated rings. The average molecular weight is 395 g/mol. The van der Waals surface area contributed by atoms with Crippen molar-refractivity contribution in [2.75, 3.05) is 7.11 Å². The number of ether oxygens (including phenoxy) is 1. The molecular formula is C21H15F2N3O3. The Morgan fingerprint density at radius 1 is 1.07 bits per heavy atom. The Labute approximate surface area is 163 Å². The van der Waals surface area contributed by atoms with Crippen LogP contribution < -0.4 is 5.56 Å². The molecule has 0 N–H and O–H groups in total. The molecule has 0 aliphatic carbocycles. The van der Waals surface area contributed by atoms with Crippen molar-refractivity contribution in [3.63, 3.8) is 0 Å². The number of rotatable bonds is 3. The van der Waals surface area contributed by atoms with Gasteiger partial charge in [0, 0.05) is 18.5 Å². The SMILES string of the molecule is COC(=O)c1cn(-c2ccc(F)cc2F)cc2c(=O)n(-c3ccccc3C)nc1-2. The maximum atomic E-state index is 14.3. The predicted octanol–water partition coefficient (Wildman–Crippen LogP) is 3.50. The third-order valence-electron chi connectivity index (χ3n) is 4.61. The van der Waals surface area contributed by atoms with Crippen LogP contribution >= 0.6 is 0 Å². The molecule has 2 aliphatic rings. The summed E-state index contributed by atoms with van der Waals surface area (Å²) in [4.78, 5) is 25.4. The van der Waals surface area contributed by atoms with E-state index in [1.54, 1.807) is 12.1 Å². The highest BCUT2D eigenvalue weighted by molar-refractivity contribution is 5.96. The van der Waals surface area contributed by atoms with Crippen molar-refractivity contribution in [1.82, 2.24) is 14.3 Å². The molecule has 8 heteroatoms. The molecule has 0 unspecified atom stereocenters. The Bertz CT molecular complexity index is 1280. The van der Waals surface area contributed by atoms with Crippen LogP contribution in [0.2, 0.25) is 0 Å². The van der Waals surface area contributed by atoms with Gasteiger partial charge >= 0.3 is 5.97 Å². The maximum Gasteiger partial charge on any atom is 0.341 e. The van der Waals surface area contributed by atoms with Gasteiger partial charge in [-0.3, -0.25) is 4.79 Å². The highest BCUT2D eigenvalue weighted by Crippen LogP contribution is 2.26. The van der Waals surface area contributed by atoms with E-state index in [1.807, 2.05) is 19.1 Å². The van der Waals surface area contributed by atoms with Gasteiger partial charge < -0.3 is 9.30 Å². The lowest BCUT2D eigenvalue weighted by atomic mass is 10.1. The minimum absolute atomic E-state index is 0.0156. The Morgan fingerprint density at radius 3 is 2.52 bits per heavy atom. The number of fused-ring (bicyclic) bond motifs is 1. The molecule has 0 amide bonds. The molecule has 0 spiro atoms. The molecule has 2 aromatic carbocycles. The number of esters is 1. The molecule has 146 valence electrons. The standard InChI is InChI=1S/C21H15F2N3O3/c1-12-5-3-4-6-17(12)26-20(27)14-10-25(18-8-7-13(22)9-16(18)23)11-15(19(14)24-26)21(28)29-2/h3-11H,1-2H3.